The smallest absolute Gasteiger partial charge is 0.306 e. The summed E-state index contributed by atoms with van der Waals surface area (Å²) in [5.41, 5.74) is 0. The average molecular weight is 1030 g/mol. The van der Waals surface area contributed by atoms with Gasteiger partial charge in [-0.1, -0.05) is 295 Å². The van der Waals surface area contributed by atoms with Gasteiger partial charge in [0.05, 0.1) is 0 Å². The Hall–Kier alpha value is -2.37. The molecule has 0 amide bonds. The third kappa shape index (κ3) is 60.4. The van der Waals surface area contributed by atoms with E-state index in [4.69, 9.17) is 14.2 Å². The summed E-state index contributed by atoms with van der Waals surface area (Å²) in [4.78, 5) is 38.3. The SMILES string of the molecule is CCCCC/C=C\C/C=C\CCCCCCCCCCCC(=O)OC[C@H](COC(=O)CCCCCCCCCCCCCCCCC)OC(=O)CCCCCCCCCCCCC/C=C\CCCCCCCC. The molecule has 0 aromatic carbocycles. The first-order valence-corrected chi connectivity index (χ1v) is 32.5. The van der Waals surface area contributed by atoms with Crippen molar-refractivity contribution in [2.45, 2.75) is 361 Å². The number of unbranched alkanes of at least 4 members (excludes halogenated alkanes) is 43. The summed E-state index contributed by atoms with van der Waals surface area (Å²) in [7, 11) is 0. The molecule has 0 heterocycles. The molecule has 0 N–H and O–H groups in total. The number of hydrogen-bond acceptors (Lipinski definition) is 6. The van der Waals surface area contributed by atoms with E-state index < -0.39 is 6.10 Å². The Morgan fingerprint density at radius 2 is 0.493 bits per heavy atom. The number of ether oxygens (including phenoxy) is 3. The van der Waals surface area contributed by atoms with Crippen LogP contribution in [0, 0.1) is 0 Å². The van der Waals surface area contributed by atoms with E-state index in [0.29, 0.717) is 19.3 Å². The van der Waals surface area contributed by atoms with Crippen LogP contribution in [0.1, 0.15) is 355 Å². The predicted octanol–water partition coefficient (Wildman–Crippen LogP) is 22.0. The highest BCUT2D eigenvalue weighted by molar-refractivity contribution is 5.71. The first kappa shape index (κ1) is 70.6. The zero-order valence-electron chi connectivity index (χ0n) is 49.2. The fourth-order valence-corrected chi connectivity index (χ4v) is 9.71. The number of rotatable bonds is 60. The van der Waals surface area contributed by atoms with E-state index >= 15 is 0 Å². The molecular formula is C67H124O6. The number of carbonyl (C=O) groups excluding carboxylic acids is 3. The van der Waals surface area contributed by atoms with Gasteiger partial charge in [0.1, 0.15) is 13.2 Å². The molecule has 0 aromatic heterocycles. The second kappa shape index (κ2) is 62.2. The Labute approximate surface area is 455 Å². The van der Waals surface area contributed by atoms with Crippen LogP contribution >= 0.6 is 0 Å². The van der Waals surface area contributed by atoms with Crippen molar-refractivity contribution in [3.05, 3.63) is 36.5 Å². The number of hydrogen-bond donors (Lipinski definition) is 0. The van der Waals surface area contributed by atoms with Crippen molar-refractivity contribution in [1.29, 1.82) is 0 Å². The standard InChI is InChI=1S/C67H124O6/c1-4-7-10-13-16-19-22-25-28-30-32-33-35-37-40-43-46-49-52-55-58-61-67(70)73-64(62-71-65(68)59-56-53-50-47-44-41-38-27-24-21-18-15-12-9-6-3)63-72-66(69)60-57-54-51-48-45-42-39-36-34-31-29-26-23-20-17-14-11-8-5-2/h17,20,25-26,28-29,64H,4-16,18-19,21-24,27,30-63H2,1-3H3/b20-17-,28-25-,29-26-/t64-/m0/s1. The highest BCUT2D eigenvalue weighted by Crippen LogP contribution is 2.17. The molecule has 0 spiro atoms. The van der Waals surface area contributed by atoms with E-state index in [1.54, 1.807) is 0 Å². The zero-order chi connectivity index (χ0) is 52.9. The lowest BCUT2D eigenvalue weighted by molar-refractivity contribution is -0.167. The third-order valence-corrected chi connectivity index (χ3v) is 14.6. The van der Waals surface area contributed by atoms with Crippen LogP contribution in [0.3, 0.4) is 0 Å². The van der Waals surface area contributed by atoms with Crippen LogP contribution in [-0.4, -0.2) is 37.2 Å². The van der Waals surface area contributed by atoms with Gasteiger partial charge in [-0.15, -0.1) is 0 Å². The molecule has 0 bridgehead atoms. The van der Waals surface area contributed by atoms with Crippen molar-refractivity contribution in [3.63, 3.8) is 0 Å². The van der Waals surface area contributed by atoms with E-state index in [9.17, 15) is 14.4 Å². The molecular weight excluding hydrogens is 901 g/mol. The van der Waals surface area contributed by atoms with Crippen LogP contribution in [-0.2, 0) is 28.6 Å². The molecule has 428 valence electrons. The van der Waals surface area contributed by atoms with Crippen molar-refractivity contribution in [2.24, 2.45) is 0 Å². The minimum atomic E-state index is -0.772. The predicted molar refractivity (Wildman–Crippen MR) is 316 cm³/mol. The fourth-order valence-electron chi connectivity index (χ4n) is 9.71. The van der Waals surface area contributed by atoms with E-state index in [0.717, 1.165) is 64.2 Å². The average Bonchev–Trinajstić information content (AvgIpc) is 3.39. The third-order valence-electron chi connectivity index (χ3n) is 14.6. The van der Waals surface area contributed by atoms with Gasteiger partial charge in [0, 0.05) is 19.3 Å². The first-order chi connectivity index (χ1) is 36.0. The van der Waals surface area contributed by atoms with E-state index in [-0.39, 0.29) is 31.1 Å². The van der Waals surface area contributed by atoms with Crippen LogP contribution in [0.25, 0.3) is 0 Å². The fraction of sp³-hybridized carbons (Fsp3) is 0.866. The molecule has 0 aliphatic rings. The summed E-state index contributed by atoms with van der Waals surface area (Å²) in [6.45, 7) is 6.67. The van der Waals surface area contributed by atoms with E-state index in [2.05, 4.69) is 57.2 Å². The summed E-state index contributed by atoms with van der Waals surface area (Å²) in [5.74, 6) is -0.849. The Bertz CT molecular complexity index is 1220. The van der Waals surface area contributed by atoms with Crippen LogP contribution in [0.2, 0.25) is 0 Å². The molecule has 0 unspecified atom stereocenters. The molecule has 0 saturated carbocycles. The summed E-state index contributed by atoms with van der Waals surface area (Å²) in [6.07, 6.45) is 75.7. The molecule has 0 radical (unpaired) electrons. The van der Waals surface area contributed by atoms with Gasteiger partial charge >= 0.3 is 17.9 Å². The molecule has 0 fully saturated rings. The molecule has 0 saturated heterocycles. The summed E-state index contributed by atoms with van der Waals surface area (Å²) in [5, 5.41) is 0. The summed E-state index contributed by atoms with van der Waals surface area (Å²) >= 11 is 0. The Morgan fingerprint density at radius 1 is 0.274 bits per heavy atom. The zero-order valence-corrected chi connectivity index (χ0v) is 49.2. The van der Waals surface area contributed by atoms with Gasteiger partial charge in [0.15, 0.2) is 6.10 Å². The highest BCUT2D eigenvalue weighted by Gasteiger charge is 2.19. The lowest BCUT2D eigenvalue weighted by Crippen LogP contribution is -2.30. The maximum Gasteiger partial charge on any atom is 0.306 e. The topological polar surface area (TPSA) is 78.9 Å². The molecule has 1 atom stereocenters. The van der Waals surface area contributed by atoms with Crippen molar-refractivity contribution in [1.82, 2.24) is 0 Å². The number of carbonyl (C=O) groups is 3. The van der Waals surface area contributed by atoms with Gasteiger partial charge in [-0.05, 0) is 77.0 Å². The Balaban J connectivity index is 4.32. The summed E-state index contributed by atoms with van der Waals surface area (Å²) in [6, 6.07) is 0. The number of allylic oxidation sites excluding steroid dienone is 6. The lowest BCUT2D eigenvalue weighted by atomic mass is 10.0. The lowest BCUT2D eigenvalue weighted by Gasteiger charge is -2.18. The van der Waals surface area contributed by atoms with Crippen LogP contribution < -0.4 is 0 Å². The minimum Gasteiger partial charge on any atom is -0.462 e. The van der Waals surface area contributed by atoms with E-state index in [1.165, 1.54) is 250 Å². The van der Waals surface area contributed by atoms with Crippen molar-refractivity contribution in [2.75, 3.05) is 13.2 Å². The maximum atomic E-state index is 12.9. The quantitative estimate of drug-likeness (QED) is 0.0261. The maximum absolute atomic E-state index is 12.9. The van der Waals surface area contributed by atoms with Crippen LogP contribution in [0.5, 0.6) is 0 Å². The Morgan fingerprint density at radius 3 is 0.795 bits per heavy atom. The van der Waals surface area contributed by atoms with Gasteiger partial charge < -0.3 is 14.2 Å². The van der Waals surface area contributed by atoms with Gasteiger partial charge in [0.25, 0.3) is 0 Å². The van der Waals surface area contributed by atoms with E-state index in [1.807, 2.05) is 0 Å². The van der Waals surface area contributed by atoms with Gasteiger partial charge in [0.2, 0.25) is 0 Å². The van der Waals surface area contributed by atoms with Crippen LogP contribution in [0.15, 0.2) is 36.5 Å². The Kier molecular flexibility index (Phi) is 60.2. The first-order valence-electron chi connectivity index (χ1n) is 32.5. The molecule has 6 nitrogen and oxygen atoms in total. The van der Waals surface area contributed by atoms with Gasteiger partial charge in [-0.2, -0.15) is 0 Å². The van der Waals surface area contributed by atoms with Gasteiger partial charge in [-0.25, -0.2) is 0 Å². The second-order valence-corrected chi connectivity index (χ2v) is 22.0. The number of esters is 3. The molecule has 0 rings (SSSR count). The van der Waals surface area contributed by atoms with Crippen molar-refractivity contribution >= 4 is 17.9 Å². The second-order valence-electron chi connectivity index (χ2n) is 22.0. The monoisotopic (exact) mass is 1020 g/mol. The van der Waals surface area contributed by atoms with Crippen molar-refractivity contribution in [3.8, 4) is 0 Å². The van der Waals surface area contributed by atoms with Crippen LogP contribution in [0.4, 0.5) is 0 Å². The van der Waals surface area contributed by atoms with Gasteiger partial charge in [-0.3, -0.25) is 14.4 Å². The summed E-state index contributed by atoms with van der Waals surface area (Å²) < 4.78 is 17.0. The molecule has 73 heavy (non-hydrogen) atoms. The highest BCUT2D eigenvalue weighted by atomic mass is 16.6. The normalized spacial score (nSPS) is 12.2. The molecule has 6 heteroatoms. The molecule has 0 aliphatic heterocycles. The molecule has 0 aromatic rings. The van der Waals surface area contributed by atoms with Crippen molar-refractivity contribution < 1.29 is 28.6 Å². The minimum absolute atomic E-state index is 0.0689. The largest absolute Gasteiger partial charge is 0.462 e. The molecule has 0 aliphatic carbocycles.